The highest BCUT2D eigenvalue weighted by Gasteiger charge is 2.05. The summed E-state index contributed by atoms with van der Waals surface area (Å²) in [7, 11) is 0. The summed E-state index contributed by atoms with van der Waals surface area (Å²) < 4.78 is 13.2. The standard InChI is InChI=1S/C16H12FN.C2H6/c1-11-9-16(12-5-3-2-4-6-12)18-15-8-7-13(17)10-14(11)15;1-2/h2-10H,1H3;1-2H3. The first-order valence-electron chi connectivity index (χ1n) is 6.86. The topological polar surface area (TPSA) is 12.9 Å². The van der Waals surface area contributed by atoms with Crippen molar-refractivity contribution in [1.82, 2.24) is 4.98 Å². The molecule has 0 N–H and O–H groups in total. The fourth-order valence-corrected chi connectivity index (χ4v) is 2.12. The lowest BCUT2D eigenvalue weighted by atomic mass is 10.1. The minimum atomic E-state index is -0.222. The molecule has 3 rings (SSSR count). The predicted molar refractivity (Wildman–Crippen MR) is 83.2 cm³/mol. The van der Waals surface area contributed by atoms with E-state index in [-0.39, 0.29) is 5.82 Å². The van der Waals surface area contributed by atoms with Gasteiger partial charge in [0, 0.05) is 10.9 Å². The first-order chi connectivity index (χ1) is 9.74. The smallest absolute Gasteiger partial charge is 0.123 e. The van der Waals surface area contributed by atoms with Gasteiger partial charge in [-0.15, -0.1) is 0 Å². The number of hydrogen-bond acceptors (Lipinski definition) is 1. The molecule has 102 valence electrons. The zero-order chi connectivity index (χ0) is 14.5. The van der Waals surface area contributed by atoms with Crippen molar-refractivity contribution in [2.75, 3.05) is 0 Å². The second kappa shape index (κ2) is 6.29. The molecule has 0 unspecified atom stereocenters. The second-order valence-corrected chi connectivity index (χ2v) is 4.35. The maximum atomic E-state index is 13.2. The number of aromatic nitrogens is 1. The molecule has 0 spiro atoms. The molecule has 2 aromatic carbocycles. The summed E-state index contributed by atoms with van der Waals surface area (Å²) in [5.74, 6) is -0.222. The molecular weight excluding hydrogens is 249 g/mol. The Bertz CT molecular complexity index is 705. The average molecular weight is 267 g/mol. The molecule has 1 heterocycles. The summed E-state index contributed by atoms with van der Waals surface area (Å²) in [6, 6.07) is 16.7. The third-order valence-corrected chi connectivity index (χ3v) is 3.05. The molecule has 2 heteroatoms. The summed E-state index contributed by atoms with van der Waals surface area (Å²) >= 11 is 0. The van der Waals surface area contributed by atoms with Crippen LogP contribution in [0.3, 0.4) is 0 Å². The van der Waals surface area contributed by atoms with Gasteiger partial charge < -0.3 is 0 Å². The molecule has 0 amide bonds. The molecule has 1 aromatic heterocycles. The van der Waals surface area contributed by atoms with E-state index in [2.05, 4.69) is 4.98 Å². The Hall–Kier alpha value is -2.22. The maximum absolute atomic E-state index is 13.2. The van der Waals surface area contributed by atoms with E-state index in [4.69, 9.17) is 0 Å². The molecule has 0 aliphatic rings. The van der Waals surface area contributed by atoms with Gasteiger partial charge in [0.2, 0.25) is 0 Å². The van der Waals surface area contributed by atoms with Crippen LogP contribution in [0.2, 0.25) is 0 Å². The number of hydrogen-bond donors (Lipinski definition) is 0. The van der Waals surface area contributed by atoms with E-state index in [1.807, 2.05) is 57.2 Å². The predicted octanol–water partition coefficient (Wildman–Crippen LogP) is 5.38. The summed E-state index contributed by atoms with van der Waals surface area (Å²) in [6.07, 6.45) is 0. The van der Waals surface area contributed by atoms with Crippen molar-refractivity contribution >= 4 is 10.9 Å². The highest BCUT2D eigenvalue weighted by atomic mass is 19.1. The van der Waals surface area contributed by atoms with E-state index in [1.54, 1.807) is 6.07 Å². The molecule has 0 radical (unpaired) electrons. The molecule has 1 nitrogen and oxygen atoms in total. The zero-order valence-corrected chi connectivity index (χ0v) is 12.0. The Kier molecular flexibility index (Phi) is 4.46. The van der Waals surface area contributed by atoms with E-state index >= 15 is 0 Å². The Balaban J connectivity index is 0.000000704. The van der Waals surface area contributed by atoms with Gasteiger partial charge in [-0.2, -0.15) is 0 Å². The molecule has 0 saturated heterocycles. The molecule has 0 atom stereocenters. The molecular formula is C18H18FN. The molecule has 0 aliphatic carbocycles. The van der Waals surface area contributed by atoms with Crippen LogP contribution in [0.25, 0.3) is 22.2 Å². The zero-order valence-electron chi connectivity index (χ0n) is 12.0. The average Bonchev–Trinajstić information content (AvgIpc) is 2.51. The first kappa shape index (κ1) is 14.2. The Morgan fingerprint density at radius 3 is 2.30 bits per heavy atom. The van der Waals surface area contributed by atoms with E-state index in [1.165, 1.54) is 12.1 Å². The van der Waals surface area contributed by atoms with Gasteiger partial charge in [0.25, 0.3) is 0 Å². The maximum Gasteiger partial charge on any atom is 0.123 e. The number of halogens is 1. The largest absolute Gasteiger partial charge is 0.248 e. The lowest BCUT2D eigenvalue weighted by Gasteiger charge is -2.06. The third kappa shape index (κ3) is 2.85. The van der Waals surface area contributed by atoms with E-state index in [0.29, 0.717) is 0 Å². The lowest BCUT2D eigenvalue weighted by Crippen LogP contribution is -1.89. The van der Waals surface area contributed by atoms with Crippen LogP contribution in [0.1, 0.15) is 19.4 Å². The number of aryl methyl sites for hydroxylation is 1. The number of pyridine rings is 1. The van der Waals surface area contributed by atoms with Gasteiger partial charge >= 0.3 is 0 Å². The number of rotatable bonds is 1. The van der Waals surface area contributed by atoms with Crippen molar-refractivity contribution in [2.24, 2.45) is 0 Å². The van der Waals surface area contributed by atoms with Crippen LogP contribution in [0.5, 0.6) is 0 Å². The Morgan fingerprint density at radius 1 is 0.900 bits per heavy atom. The van der Waals surface area contributed by atoms with Crippen LogP contribution < -0.4 is 0 Å². The SMILES string of the molecule is CC.Cc1cc(-c2ccccc2)nc2ccc(F)cc12. The summed E-state index contributed by atoms with van der Waals surface area (Å²) in [6.45, 7) is 5.98. The molecule has 20 heavy (non-hydrogen) atoms. The van der Waals surface area contributed by atoms with Crippen molar-refractivity contribution in [1.29, 1.82) is 0 Å². The number of nitrogens with zero attached hydrogens (tertiary/aromatic N) is 1. The third-order valence-electron chi connectivity index (χ3n) is 3.05. The van der Waals surface area contributed by atoms with Crippen LogP contribution >= 0.6 is 0 Å². The molecule has 0 bridgehead atoms. The first-order valence-corrected chi connectivity index (χ1v) is 6.86. The van der Waals surface area contributed by atoms with Gasteiger partial charge in [-0.25, -0.2) is 9.37 Å². The van der Waals surface area contributed by atoms with Crippen LogP contribution in [0.15, 0.2) is 54.6 Å². The monoisotopic (exact) mass is 267 g/mol. The van der Waals surface area contributed by atoms with Gasteiger partial charge in [-0.1, -0.05) is 44.2 Å². The molecule has 0 aliphatic heterocycles. The van der Waals surface area contributed by atoms with Gasteiger partial charge in [0.05, 0.1) is 11.2 Å². The van der Waals surface area contributed by atoms with Gasteiger partial charge in [-0.3, -0.25) is 0 Å². The lowest BCUT2D eigenvalue weighted by molar-refractivity contribution is 0.629. The molecule has 3 aromatic rings. The van der Waals surface area contributed by atoms with Crippen molar-refractivity contribution in [3.8, 4) is 11.3 Å². The van der Waals surface area contributed by atoms with Gasteiger partial charge in [-0.05, 0) is 36.8 Å². The highest BCUT2D eigenvalue weighted by molar-refractivity contribution is 5.85. The number of fused-ring (bicyclic) bond motifs is 1. The normalized spacial score (nSPS) is 10.0. The van der Waals surface area contributed by atoms with Crippen molar-refractivity contribution in [2.45, 2.75) is 20.8 Å². The van der Waals surface area contributed by atoms with E-state index < -0.39 is 0 Å². The minimum absolute atomic E-state index is 0.222. The van der Waals surface area contributed by atoms with E-state index in [0.717, 1.165) is 27.7 Å². The fourth-order valence-electron chi connectivity index (χ4n) is 2.12. The second-order valence-electron chi connectivity index (χ2n) is 4.35. The summed E-state index contributed by atoms with van der Waals surface area (Å²) in [5, 5.41) is 0.870. The van der Waals surface area contributed by atoms with Crippen molar-refractivity contribution in [3.05, 3.63) is 66.0 Å². The summed E-state index contributed by atoms with van der Waals surface area (Å²) in [5.41, 5.74) is 3.87. The minimum Gasteiger partial charge on any atom is -0.248 e. The number of benzene rings is 2. The fraction of sp³-hybridized carbons (Fsp3) is 0.167. The van der Waals surface area contributed by atoms with Crippen molar-refractivity contribution in [3.63, 3.8) is 0 Å². The van der Waals surface area contributed by atoms with Crippen LogP contribution in [-0.4, -0.2) is 4.98 Å². The van der Waals surface area contributed by atoms with Crippen LogP contribution in [0, 0.1) is 12.7 Å². The Labute approximate surface area is 119 Å². The highest BCUT2D eigenvalue weighted by Crippen LogP contribution is 2.24. The van der Waals surface area contributed by atoms with Gasteiger partial charge in [0.15, 0.2) is 0 Å². The quantitative estimate of drug-likeness (QED) is 0.577. The Morgan fingerprint density at radius 2 is 1.60 bits per heavy atom. The van der Waals surface area contributed by atoms with Crippen molar-refractivity contribution < 1.29 is 4.39 Å². The molecule has 0 fully saturated rings. The molecule has 0 saturated carbocycles. The van der Waals surface area contributed by atoms with Crippen LogP contribution in [0.4, 0.5) is 4.39 Å². The van der Waals surface area contributed by atoms with Gasteiger partial charge in [0.1, 0.15) is 5.82 Å². The van der Waals surface area contributed by atoms with Crippen LogP contribution in [-0.2, 0) is 0 Å². The summed E-state index contributed by atoms with van der Waals surface area (Å²) in [4.78, 5) is 4.58. The van der Waals surface area contributed by atoms with E-state index in [9.17, 15) is 4.39 Å².